The van der Waals surface area contributed by atoms with Crippen molar-refractivity contribution in [3.05, 3.63) is 12.5 Å². The third-order valence-electron chi connectivity index (χ3n) is 0.809. The average molecular weight is 125 g/mol. The number of nitrogens with one attached hydrogen (secondary N) is 2. The van der Waals surface area contributed by atoms with Crippen molar-refractivity contribution in [1.29, 1.82) is 0 Å². The fourth-order valence-corrected chi connectivity index (χ4v) is 0.514. The Balaban J connectivity index is 2.58. The lowest BCUT2D eigenvalue weighted by Crippen LogP contribution is -2.05. The quantitative estimate of drug-likeness (QED) is 0.569. The van der Waals surface area contributed by atoms with Crippen LogP contribution in [-0.2, 0) is 4.79 Å². The van der Waals surface area contributed by atoms with Crippen LogP contribution in [0.5, 0.6) is 0 Å². The lowest BCUT2D eigenvalue weighted by molar-refractivity contribution is -0.114. The molecule has 0 atom stereocenters. The van der Waals surface area contributed by atoms with Gasteiger partial charge in [0, 0.05) is 6.92 Å². The summed E-state index contributed by atoms with van der Waals surface area (Å²) >= 11 is 0. The molecule has 2 N–H and O–H groups in total. The summed E-state index contributed by atoms with van der Waals surface area (Å²) in [6.45, 7) is 1.45. The molecule has 0 unspecified atom stereocenters. The zero-order valence-corrected chi connectivity index (χ0v) is 5.01. The largest absolute Gasteiger partial charge is 0.331 e. The minimum Gasteiger partial charge on any atom is -0.331 e. The number of hydrogen-bond acceptors (Lipinski definition) is 2. The first-order chi connectivity index (χ1) is 4.29. The summed E-state index contributed by atoms with van der Waals surface area (Å²) in [5, 5.41) is 2.53. The van der Waals surface area contributed by atoms with E-state index in [1.165, 1.54) is 13.3 Å². The standard InChI is InChI=1S/C5H7N3O/c1-4(9)8-5-2-6-3-7-5/h2-3H,1H3,(H,6,7)(H,8,9). The molecule has 48 valence electrons. The average Bonchev–Trinajstić information content (AvgIpc) is 2.15. The van der Waals surface area contributed by atoms with Crippen molar-refractivity contribution >= 4 is 11.7 Å². The predicted octanol–water partition coefficient (Wildman–Crippen LogP) is 0.368. The number of aromatic nitrogens is 2. The molecule has 4 heteroatoms. The summed E-state index contributed by atoms with van der Waals surface area (Å²) in [5.41, 5.74) is 0. The number of nitrogens with zero attached hydrogens (tertiary/aromatic N) is 1. The highest BCUT2D eigenvalue weighted by atomic mass is 16.1. The molecule has 1 aromatic rings. The molecule has 0 aliphatic heterocycles. The number of carbonyl (C=O) groups is 1. The van der Waals surface area contributed by atoms with Crippen molar-refractivity contribution in [2.45, 2.75) is 6.92 Å². The highest BCUT2D eigenvalue weighted by molar-refractivity contribution is 5.87. The summed E-state index contributed by atoms with van der Waals surface area (Å²) in [4.78, 5) is 16.8. The first-order valence-electron chi connectivity index (χ1n) is 2.55. The van der Waals surface area contributed by atoms with Crippen LogP contribution < -0.4 is 5.32 Å². The second-order valence-electron chi connectivity index (χ2n) is 1.65. The van der Waals surface area contributed by atoms with Crippen LogP contribution in [0.25, 0.3) is 0 Å². The van der Waals surface area contributed by atoms with Crippen LogP contribution in [-0.4, -0.2) is 15.9 Å². The van der Waals surface area contributed by atoms with Crippen molar-refractivity contribution in [3.63, 3.8) is 0 Å². The van der Waals surface area contributed by atoms with E-state index in [4.69, 9.17) is 0 Å². The molecular formula is C5H7N3O. The maximum Gasteiger partial charge on any atom is 0.222 e. The summed E-state index contributed by atoms with van der Waals surface area (Å²) in [5.74, 6) is 0.529. The molecule has 1 heterocycles. The first kappa shape index (κ1) is 5.81. The minimum absolute atomic E-state index is 0.0979. The minimum atomic E-state index is -0.0979. The second-order valence-corrected chi connectivity index (χ2v) is 1.65. The van der Waals surface area contributed by atoms with Gasteiger partial charge in [-0.2, -0.15) is 0 Å². The van der Waals surface area contributed by atoms with E-state index in [0.717, 1.165) is 0 Å². The van der Waals surface area contributed by atoms with Gasteiger partial charge in [0.15, 0.2) is 0 Å². The lowest BCUT2D eigenvalue weighted by atomic mass is 10.6. The van der Waals surface area contributed by atoms with Gasteiger partial charge in [-0.15, -0.1) is 0 Å². The van der Waals surface area contributed by atoms with Gasteiger partial charge in [-0.1, -0.05) is 0 Å². The van der Waals surface area contributed by atoms with Gasteiger partial charge in [-0.25, -0.2) is 4.98 Å². The van der Waals surface area contributed by atoms with Crippen molar-refractivity contribution < 1.29 is 4.79 Å². The molecule has 0 fully saturated rings. The summed E-state index contributed by atoms with van der Waals surface area (Å²) in [6.07, 6.45) is 3.05. The van der Waals surface area contributed by atoms with Gasteiger partial charge >= 0.3 is 0 Å². The van der Waals surface area contributed by atoms with Gasteiger partial charge in [0.25, 0.3) is 0 Å². The highest BCUT2D eigenvalue weighted by Crippen LogP contribution is 1.95. The van der Waals surface area contributed by atoms with Crippen LogP contribution in [0.2, 0.25) is 0 Å². The molecular weight excluding hydrogens is 118 g/mol. The van der Waals surface area contributed by atoms with Crippen LogP contribution in [0.15, 0.2) is 12.5 Å². The summed E-state index contributed by atoms with van der Waals surface area (Å²) in [7, 11) is 0. The Kier molecular flexibility index (Phi) is 1.48. The van der Waals surface area contributed by atoms with Crippen molar-refractivity contribution in [2.24, 2.45) is 0 Å². The van der Waals surface area contributed by atoms with E-state index < -0.39 is 0 Å². The van der Waals surface area contributed by atoms with Crippen LogP contribution >= 0.6 is 0 Å². The van der Waals surface area contributed by atoms with Gasteiger partial charge in [0.2, 0.25) is 5.91 Å². The van der Waals surface area contributed by atoms with Gasteiger partial charge in [-0.3, -0.25) is 4.79 Å². The fraction of sp³-hybridized carbons (Fsp3) is 0.200. The number of aromatic amines is 1. The smallest absolute Gasteiger partial charge is 0.222 e. The molecule has 0 aliphatic rings. The van der Waals surface area contributed by atoms with E-state index in [9.17, 15) is 4.79 Å². The SMILES string of the molecule is CC(=O)Nc1cnc[nH]1. The monoisotopic (exact) mass is 125 g/mol. The third kappa shape index (κ3) is 1.56. The molecule has 0 saturated heterocycles. The Morgan fingerprint density at radius 3 is 3.11 bits per heavy atom. The van der Waals surface area contributed by atoms with E-state index >= 15 is 0 Å². The molecule has 1 aromatic heterocycles. The van der Waals surface area contributed by atoms with Crippen LogP contribution in [0.1, 0.15) is 6.92 Å². The Morgan fingerprint density at radius 1 is 1.89 bits per heavy atom. The number of H-pyrrole nitrogens is 1. The van der Waals surface area contributed by atoms with E-state index in [1.54, 1.807) is 6.20 Å². The normalized spacial score (nSPS) is 9.00. The zero-order chi connectivity index (χ0) is 6.69. The van der Waals surface area contributed by atoms with Gasteiger partial charge in [-0.05, 0) is 0 Å². The molecule has 1 amide bonds. The molecule has 0 saturated carbocycles. The zero-order valence-electron chi connectivity index (χ0n) is 5.01. The van der Waals surface area contributed by atoms with Crippen LogP contribution in [0.3, 0.4) is 0 Å². The van der Waals surface area contributed by atoms with Gasteiger partial charge < -0.3 is 10.3 Å². The van der Waals surface area contributed by atoms with E-state index in [1.807, 2.05) is 0 Å². The molecule has 4 nitrogen and oxygen atoms in total. The van der Waals surface area contributed by atoms with E-state index in [2.05, 4.69) is 15.3 Å². The van der Waals surface area contributed by atoms with Gasteiger partial charge in [0.05, 0.1) is 12.5 Å². The summed E-state index contributed by atoms with van der Waals surface area (Å²) < 4.78 is 0. The first-order valence-corrected chi connectivity index (χ1v) is 2.55. The predicted molar refractivity (Wildman–Crippen MR) is 32.9 cm³/mol. The maximum absolute atomic E-state index is 10.4. The maximum atomic E-state index is 10.4. The van der Waals surface area contributed by atoms with E-state index in [0.29, 0.717) is 5.82 Å². The Labute approximate surface area is 52.3 Å². The second kappa shape index (κ2) is 2.30. The molecule has 0 aliphatic carbocycles. The number of rotatable bonds is 1. The molecule has 0 radical (unpaired) electrons. The molecule has 0 spiro atoms. The van der Waals surface area contributed by atoms with Crippen molar-refractivity contribution in [1.82, 2.24) is 9.97 Å². The fourth-order valence-electron chi connectivity index (χ4n) is 0.514. The lowest BCUT2D eigenvalue weighted by Gasteiger charge is -1.92. The van der Waals surface area contributed by atoms with Crippen LogP contribution in [0, 0.1) is 0 Å². The topological polar surface area (TPSA) is 57.8 Å². The summed E-state index contributed by atoms with van der Waals surface area (Å²) in [6, 6.07) is 0. The number of anilines is 1. The van der Waals surface area contributed by atoms with Crippen molar-refractivity contribution in [3.8, 4) is 0 Å². The number of hydrogen-bond donors (Lipinski definition) is 2. The molecule has 1 rings (SSSR count). The van der Waals surface area contributed by atoms with Crippen molar-refractivity contribution in [2.75, 3.05) is 5.32 Å². The Morgan fingerprint density at radius 2 is 2.67 bits per heavy atom. The van der Waals surface area contributed by atoms with Gasteiger partial charge in [0.1, 0.15) is 5.82 Å². The molecule has 0 bridgehead atoms. The van der Waals surface area contributed by atoms with E-state index in [-0.39, 0.29) is 5.91 Å². The third-order valence-corrected chi connectivity index (χ3v) is 0.809. The highest BCUT2D eigenvalue weighted by Gasteiger charge is 1.92. The van der Waals surface area contributed by atoms with Crippen LogP contribution in [0.4, 0.5) is 5.82 Å². The molecule has 9 heavy (non-hydrogen) atoms. The Bertz CT molecular complexity index is 192. The molecule has 0 aromatic carbocycles. The number of amides is 1. The Hall–Kier alpha value is -1.32. The number of imidazole rings is 1. The number of carbonyl (C=O) groups excluding carboxylic acids is 1.